The molecule has 22 heavy (non-hydrogen) atoms. The van der Waals surface area contributed by atoms with Crippen molar-refractivity contribution in [2.45, 2.75) is 32.3 Å². The Bertz CT molecular complexity index is 597. The van der Waals surface area contributed by atoms with Crippen molar-refractivity contribution in [3.63, 3.8) is 0 Å². The number of amides is 1. The summed E-state index contributed by atoms with van der Waals surface area (Å²) in [4.78, 5) is 16.4. The van der Waals surface area contributed by atoms with Crippen LogP contribution in [0.5, 0.6) is 5.75 Å². The minimum atomic E-state index is -0.574. The molecule has 1 amide bonds. The fraction of sp³-hybridized carbons (Fsp3) is 0.333. The van der Waals surface area contributed by atoms with E-state index in [1.165, 1.54) is 0 Å². The van der Waals surface area contributed by atoms with Crippen LogP contribution < -0.4 is 10.1 Å². The lowest BCUT2D eigenvalue weighted by Gasteiger charge is -2.25. The van der Waals surface area contributed by atoms with E-state index in [0.29, 0.717) is 12.3 Å². The van der Waals surface area contributed by atoms with E-state index in [1.807, 2.05) is 63.2 Å². The summed E-state index contributed by atoms with van der Waals surface area (Å²) in [6.07, 6.45) is 3.23. The van der Waals surface area contributed by atoms with Gasteiger partial charge < -0.3 is 10.1 Å². The molecule has 0 saturated heterocycles. The molecule has 1 aromatic carbocycles. The summed E-state index contributed by atoms with van der Waals surface area (Å²) >= 11 is 0. The number of hydrogen-bond acceptors (Lipinski definition) is 3. The van der Waals surface area contributed by atoms with Crippen LogP contribution in [0.1, 0.15) is 26.3 Å². The largest absolute Gasteiger partial charge is 0.487 e. The van der Waals surface area contributed by atoms with Gasteiger partial charge >= 0.3 is 0 Å². The topological polar surface area (TPSA) is 51.2 Å². The van der Waals surface area contributed by atoms with E-state index < -0.39 is 5.41 Å². The number of nitrogens with one attached hydrogen (secondary N) is 1. The zero-order valence-electron chi connectivity index (χ0n) is 13.2. The molecule has 0 aliphatic heterocycles. The standard InChI is InChI=1S/C18H22N2O2/c1-14(22-16-10-7-11-19-13-16)12-20-17(21)18(2,3)15-8-5-4-6-9-15/h4-11,13-14H,12H2,1-3H3,(H,20,21)/t14-/m0/s1. The third-order valence-electron chi connectivity index (χ3n) is 3.58. The Morgan fingerprint density at radius 2 is 1.95 bits per heavy atom. The first kappa shape index (κ1) is 16.0. The molecule has 1 aromatic heterocycles. The van der Waals surface area contributed by atoms with Gasteiger partial charge in [0.1, 0.15) is 11.9 Å². The van der Waals surface area contributed by atoms with Gasteiger partial charge in [0.25, 0.3) is 0 Å². The summed E-state index contributed by atoms with van der Waals surface area (Å²) in [7, 11) is 0. The van der Waals surface area contributed by atoms with Crippen molar-refractivity contribution in [3.05, 3.63) is 60.4 Å². The van der Waals surface area contributed by atoms with Crippen molar-refractivity contribution in [1.29, 1.82) is 0 Å². The summed E-state index contributed by atoms with van der Waals surface area (Å²) in [6, 6.07) is 13.4. The number of carbonyl (C=O) groups excluding carboxylic acids is 1. The van der Waals surface area contributed by atoms with Crippen LogP contribution in [0.2, 0.25) is 0 Å². The molecule has 4 heteroatoms. The van der Waals surface area contributed by atoms with Crippen LogP contribution in [-0.4, -0.2) is 23.5 Å². The number of hydrogen-bond donors (Lipinski definition) is 1. The van der Waals surface area contributed by atoms with Gasteiger partial charge in [-0.2, -0.15) is 0 Å². The van der Waals surface area contributed by atoms with Crippen molar-refractivity contribution >= 4 is 5.91 Å². The number of benzene rings is 1. The zero-order valence-corrected chi connectivity index (χ0v) is 13.2. The predicted octanol–water partition coefficient (Wildman–Crippen LogP) is 2.94. The second-order valence-electron chi connectivity index (χ2n) is 5.82. The van der Waals surface area contributed by atoms with Crippen LogP contribution in [0.3, 0.4) is 0 Å². The van der Waals surface area contributed by atoms with E-state index >= 15 is 0 Å². The lowest BCUT2D eigenvalue weighted by atomic mass is 9.84. The van der Waals surface area contributed by atoms with E-state index in [9.17, 15) is 4.79 Å². The normalized spacial score (nSPS) is 12.5. The molecule has 0 unspecified atom stereocenters. The number of ether oxygens (including phenoxy) is 1. The molecule has 0 bridgehead atoms. The smallest absolute Gasteiger partial charge is 0.230 e. The SMILES string of the molecule is C[C@@H](CNC(=O)C(C)(C)c1ccccc1)Oc1cccnc1. The van der Waals surface area contributed by atoms with Gasteiger partial charge in [0.05, 0.1) is 18.2 Å². The first-order valence-electron chi connectivity index (χ1n) is 7.40. The summed E-state index contributed by atoms with van der Waals surface area (Å²) in [5, 5.41) is 2.96. The molecule has 0 aliphatic carbocycles. The maximum Gasteiger partial charge on any atom is 0.230 e. The van der Waals surface area contributed by atoms with Gasteiger partial charge in [-0.1, -0.05) is 30.3 Å². The summed E-state index contributed by atoms with van der Waals surface area (Å²) in [5.74, 6) is 0.687. The lowest BCUT2D eigenvalue weighted by Crippen LogP contribution is -2.43. The Kier molecular flexibility index (Phi) is 5.15. The second kappa shape index (κ2) is 7.07. The monoisotopic (exact) mass is 298 g/mol. The Morgan fingerprint density at radius 3 is 2.59 bits per heavy atom. The van der Waals surface area contributed by atoms with Crippen molar-refractivity contribution in [2.75, 3.05) is 6.54 Å². The van der Waals surface area contributed by atoms with Crippen LogP contribution in [0.4, 0.5) is 0 Å². The highest BCUT2D eigenvalue weighted by molar-refractivity contribution is 5.87. The Morgan fingerprint density at radius 1 is 1.23 bits per heavy atom. The zero-order chi connectivity index (χ0) is 16.0. The third-order valence-corrected chi connectivity index (χ3v) is 3.58. The van der Waals surface area contributed by atoms with Crippen molar-refractivity contribution in [2.24, 2.45) is 0 Å². The molecule has 116 valence electrons. The van der Waals surface area contributed by atoms with Gasteiger partial charge in [0.15, 0.2) is 0 Å². The molecule has 0 aliphatic rings. The van der Waals surface area contributed by atoms with Gasteiger partial charge in [0, 0.05) is 6.20 Å². The van der Waals surface area contributed by atoms with Crippen molar-refractivity contribution in [3.8, 4) is 5.75 Å². The fourth-order valence-corrected chi connectivity index (χ4v) is 2.13. The highest BCUT2D eigenvalue weighted by Crippen LogP contribution is 2.22. The maximum absolute atomic E-state index is 12.4. The van der Waals surface area contributed by atoms with Gasteiger partial charge in [-0.05, 0) is 38.5 Å². The highest BCUT2D eigenvalue weighted by atomic mass is 16.5. The summed E-state index contributed by atoms with van der Waals surface area (Å²) in [5.41, 5.74) is 0.420. The van der Waals surface area contributed by atoms with E-state index in [2.05, 4.69) is 10.3 Å². The number of rotatable bonds is 6. The van der Waals surface area contributed by atoms with E-state index in [0.717, 1.165) is 5.56 Å². The molecule has 4 nitrogen and oxygen atoms in total. The average Bonchev–Trinajstić information content (AvgIpc) is 2.54. The fourth-order valence-electron chi connectivity index (χ4n) is 2.13. The van der Waals surface area contributed by atoms with Gasteiger partial charge in [-0.25, -0.2) is 0 Å². The molecule has 1 heterocycles. The number of nitrogens with zero attached hydrogens (tertiary/aromatic N) is 1. The number of aromatic nitrogens is 1. The molecular formula is C18H22N2O2. The van der Waals surface area contributed by atoms with Gasteiger partial charge in [0.2, 0.25) is 5.91 Å². The molecule has 0 saturated carbocycles. The van der Waals surface area contributed by atoms with Crippen LogP contribution in [0.25, 0.3) is 0 Å². The Labute approximate surface area is 131 Å². The van der Waals surface area contributed by atoms with Crippen LogP contribution in [0, 0.1) is 0 Å². The maximum atomic E-state index is 12.4. The minimum Gasteiger partial charge on any atom is -0.487 e. The average molecular weight is 298 g/mol. The molecule has 1 N–H and O–H groups in total. The van der Waals surface area contributed by atoms with E-state index in [-0.39, 0.29) is 12.0 Å². The minimum absolute atomic E-state index is 0.0136. The lowest BCUT2D eigenvalue weighted by molar-refractivity contribution is -0.126. The molecule has 2 aromatic rings. The van der Waals surface area contributed by atoms with E-state index in [1.54, 1.807) is 12.4 Å². The van der Waals surface area contributed by atoms with Gasteiger partial charge in [-0.15, -0.1) is 0 Å². The predicted molar refractivity (Wildman–Crippen MR) is 86.8 cm³/mol. The molecule has 2 rings (SSSR count). The van der Waals surface area contributed by atoms with Crippen LogP contribution >= 0.6 is 0 Å². The van der Waals surface area contributed by atoms with Crippen LogP contribution in [0.15, 0.2) is 54.9 Å². The summed E-state index contributed by atoms with van der Waals surface area (Å²) in [6.45, 7) is 6.21. The first-order valence-corrected chi connectivity index (χ1v) is 7.40. The molecule has 1 atom stereocenters. The molecular weight excluding hydrogens is 276 g/mol. The third kappa shape index (κ3) is 4.07. The van der Waals surface area contributed by atoms with Crippen molar-refractivity contribution < 1.29 is 9.53 Å². The second-order valence-corrected chi connectivity index (χ2v) is 5.82. The quantitative estimate of drug-likeness (QED) is 0.892. The number of carbonyl (C=O) groups is 1. The van der Waals surface area contributed by atoms with E-state index in [4.69, 9.17) is 4.74 Å². The van der Waals surface area contributed by atoms with Crippen molar-refractivity contribution in [1.82, 2.24) is 10.3 Å². The molecule has 0 fully saturated rings. The summed E-state index contributed by atoms with van der Waals surface area (Å²) < 4.78 is 5.71. The highest BCUT2D eigenvalue weighted by Gasteiger charge is 2.29. The Balaban J connectivity index is 1.89. The molecule has 0 spiro atoms. The molecule has 0 radical (unpaired) electrons. The van der Waals surface area contributed by atoms with Gasteiger partial charge in [-0.3, -0.25) is 9.78 Å². The van der Waals surface area contributed by atoms with Crippen LogP contribution in [-0.2, 0) is 10.2 Å². The first-order chi connectivity index (χ1) is 10.5. The number of pyridine rings is 1. The Hall–Kier alpha value is -2.36.